The molecule has 1 unspecified atom stereocenters. The van der Waals surface area contributed by atoms with E-state index in [2.05, 4.69) is 43.3 Å². The molecule has 2 aromatic rings. The first kappa shape index (κ1) is 15.1. The number of hydrogen-bond acceptors (Lipinski definition) is 1. The summed E-state index contributed by atoms with van der Waals surface area (Å²) in [5, 5.41) is 0. The molecule has 0 aliphatic heterocycles. The molecule has 0 aliphatic rings. The highest BCUT2D eigenvalue weighted by atomic mass is 35.5. The molecule has 20 heavy (non-hydrogen) atoms. The Morgan fingerprint density at radius 3 is 2.10 bits per heavy atom. The van der Waals surface area contributed by atoms with Crippen LogP contribution in [-0.4, -0.2) is 12.5 Å². The lowest BCUT2D eigenvalue weighted by atomic mass is 9.80. The van der Waals surface area contributed by atoms with Gasteiger partial charge in [-0.2, -0.15) is 0 Å². The maximum atomic E-state index is 6.26. The fraction of sp³-hybridized carbons (Fsp3) is 0.333. The van der Waals surface area contributed by atoms with Gasteiger partial charge < -0.3 is 4.74 Å². The minimum Gasteiger partial charge on any atom is -0.376 e. The molecule has 0 fully saturated rings. The van der Waals surface area contributed by atoms with Gasteiger partial charge in [0, 0.05) is 11.3 Å². The van der Waals surface area contributed by atoms with E-state index in [1.807, 2.05) is 24.3 Å². The number of benzene rings is 2. The lowest BCUT2D eigenvalue weighted by molar-refractivity contribution is 0.0760. The zero-order chi connectivity index (χ0) is 14.3. The third-order valence-electron chi connectivity index (χ3n) is 3.81. The summed E-state index contributed by atoms with van der Waals surface area (Å²) in [6.45, 7) is 3.44. The standard InChI is InChI=1S/C18H21ClO/c1-2-18(14-19,17-11-7-4-8-12-17)15-20-13-16-9-5-3-6-10-16/h3-12H,2,13-15H2,1H3. The van der Waals surface area contributed by atoms with E-state index in [0.29, 0.717) is 19.1 Å². The minimum atomic E-state index is -0.0996. The van der Waals surface area contributed by atoms with E-state index in [1.165, 1.54) is 11.1 Å². The van der Waals surface area contributed by atoms with Gasteiger partial charge in [0.15, 0.2) is 0 Å². The molecule has 1 atom stereocenters. The molecule has 0 heterocycles. The van der Waals surface area contributed by atoms with Crippen molar-refractivity contribution in [3.63, 3.8) is 0 Å². The molecule has 0 saturated carbocycles. The second kappa shape index (κ2) is 7.47. The first-order chi connectivity index (χ1) is 9.80. The van der Waals surface area contributed by atoms with Crippen LogP contribution in [0.15, 0.2) is 60.7 Å². The monoisotopic (exact) mass is 288 g/mol. The highest BCUT2D eigenvalue weighted by molar-refractivity contribution is 6.18. The summed E-state index contributed by atoms with van der Waals surface area (Å²) in [6, 6.07) is 20.7. The van der Waals surface area contributed by atoms with E-state index in [9.17, 15) is 0 Å². The smallest absolute Gasteiger partial charge is 0.0717 e. The van der Waals surface area contributed by atoms with Crippen LogP contribution in [0.5, 0.6) is 0 Å². The van der Waals surface area contributed by atoms with Crippen molar-refractivity contribution in [3.8, 4) is 0 Å². The minimum absolute atomic E-state index is 0.0996. The maximum Gasteiger partial charge on any atom is 0.0717 e. The van der Waals surface area contributed by atoms with Crippen LogP contribution in [0, 0.1) is 0 Å². The molecular weight excluding hydrogens is 268 g/mol. The summed E-state index contributed by atoms with van der Waals surface area (Å²) in [6.07, 6.45) is 0.968. The average molecular weight is 289 g/mol. The van der Waals surface area contributed by atoms with E-state index < -0.39 is 0 Å². The molecule has 0 spiro atoms. The Morgan fingerprint density at radius 2 is 1.55 bits per heavy atom. The van der Waals surface area contributed by atoms with E-state index in [1.54, 1.807) is 0 Å². The second-order valence-electron chi connectivity index (χ2n) is 5.11. The van der Waals surface area contributed by atoms with Gasteiger partial charge in [0.2, 0.25) is 0 Å². The summed E-state index contributed by atoms with van der Waals surface area (Å²) in [4.78, 5) is 0. The molecule has 0 saturated heterocycles. The van der Waals surface area contributed by atoms with Crippen LogP contribution in [0.1, 0.15) is 24.5 Å². The Hall–Kier alpha value is -1.31. The fourth-order valence-corrected chi connectivity index (χ4v) is 2.75. The predicted octanol–water partition coefficient (Wildman–Crippen LogP) is 4.79. The number of hydrogen-bond donors (Lipinski definition) is 0. The molecule has 2 aromatic carbocycles. The maximum absolute atomic E-state index is 6.26. The number of alkyl halides is 1. The number of rotatable bonds is 7. The summed E-state index contributed by atoms with van der Waals surface area (Å²) < 4.78 is 5.94. The van der Waals surface area contributed by atoms with E-state index in [4.69, 9.17) is 16.3 Å². The lowest BCUT2D eigenvalue weighted by Gasteiger charge is -2.31. The molecule has 0 bridgehead atoms. The zero-order valence-electron chi connectivity index (χ0n) is 11.9. The molecule has 0 aliphatic carbocycles. The molecule has 0 N–H and O–H groups in total. The summed E-state index contributed by atoms with van der Waals surface area (Å²) in [5.74, 6) is 0.572. The van der Waals surface area contributed by atoms with E-state index in [-0.39, 0.29) is 5.41 Å². The SMILES string of the molecule is CCC(CCl)(COCc1ccccc1)c1ccccc1. The van der Waals surface area contributed by atoms with Gasteiger partial charge in [-0.15, -0.1) is 11.6 Å². The Bertz CT molecular complexity index is 491. The molecule has 0 radical (unpaired) electrons. The number of halogens is 1. The van der Waals surface area contributed by atoms with Crippen molar-refractivity contribution >= 4 is 11.6 Å². The van der Waals surface area contributed by atoms with E-state index in [0.717, 1.165) is 6.42 Å². The molecule has 1 nitrogen and oxygen atoms in total. The molecular formula is C18H21ClO. The van der Waals surface area contributed by atoms with Crippen molar-refractivity contribution in [2.75, 3.05) is 12.5 Å². The first-order valence-corrected chi connectivity index (χ1v) is 7.57. The van der Waals surface area contributed by atoms with Crippen molar-refractivity contribution < 1.29 is 4.74 Å². The fourth-order valence-electron chi connectivity index (χ4n) is 2.33. The summed E-state index contributed by atoms with van der Waals surface area (Å²) in [5.41, 5.74) is 2.35. The first-order valence-electron chi connectivity index (χ1n) is 7.04. The van der Waals surface area contributed by atoms with Crippen LogP contribution in [0.4, 0.5) is 0 Å². The van der Waals surface area contributed by atoms with Crippen molar-refractivity contribution in [2.24, 2.45) is 0 Å². The van der Waals surface area contributed by atoms with Crippen molar-refractivity contribution in [1.29, 1.82) is 0 Å². The molecule has 2 rings (SSSR count). The summed E-state index contributed by atoms with van der Waals surface area (Å²) in [7, 11) is 0. The Balaban J connectivity index is 2.03. The van der Waals surface area contributed by atoms with Crippen LogP contribution in [-0.2, 0) is 16.8 Å². The molecule has 106 valence electrons. The molecule has 0 aromatic heterocycles. The third kappa shape index (κ3) is 3.62. The highest BCUT2D eigenvalue weighted by Crippen LogP contribution is 2.30. The van der Waals surface area contributed by atoms with Gasteiger partial charge in [-0.05, 0) is 17.5 Å². The van der Waals surface area contributed by atoms with Gasteiger partial charge in [-0.25, -0.2) is 0 Å². The Morgan fingerprint density at radius 1 is 0.950 bits per heavy atom. The average Bonchev–Trinajstić information content (AvgIpc) is 2.54. The van der Waals surface area contributed by atoms with Crippen LogP contribution in [0.2, 0.25) is 0 Å². The largest absolute Gasteiger partial charge is 0.376 e. The van der Waals surface area contributed by atoms with Gasteiger partial charge in [0.25, 0.3) is 0 Å². The van der Waals surface area contributed by atoms with Crippen molar-refractivity contribution in [2.45, 2.75) is 25.4 Å². The van der Waals surface area contributed by atoms with Crippen LogP contribution in [0.3, 0.4) is 0 Å². The predicted molar refractivity (Wildman–Crippen MR) is 85.2 cm³/mol. The Labute approximate surface area is 126 Å². The Kier molecular flexibility index (Phi) is 5.63. The van der Waals surface area contributed by atoms with Crippen LogP contribution < -0.4 is 0 Å². The van der Waals surface area contributed by atoms with Crippen LogP contribution >= 0.6 is 11.6 Å². The lowest BCUT2D eigenvalue weighted by Crippen LogP contribution is -2.33. The molecule has 0 amide bonds. The molecule has 2 heteroatoms. The highest BCUT2D eigenvalue weighted by Gasteiger charge is 2.29. The van der Waals surface area contributed by atoms with Gasteiger partial charge in [0.1, 0.15) is 0 Å². The van der Waals surface area contributed by atoms with Gasteiger partial charge in [-0.1, -0.05) is 67.6 Å². The van der Waals surface area contributed by atoms with Crippen molar-refractivity contribution in [1.82, 2.24) is 0 Å². The van der Waals surface area contributed by atoms with Gasteiger partial charge in [-0.3, -0.25) is 0 Å². The topological polar surface area (TPSA) is 9.23 Å². The third-order valence-corrected chi connectivity index (χ3v) is 4.32. The zero-order valence-corrected chi connectivity index (χ0v) is 12.6. The van der Waals surface area contributed by atoms with E-state index >= 15 is 0 Å². The quantitative estimate of drug-likeness (QED) is 0.666. The second-order valence-corrected chi connectivity index (χ2v) is 5.38. The van der Waals surface area contributed by atoms with Gasteiger partial charge >= 0.3 is 0 Å². The van der Waals surface area contributed by atoms with Crippen molar-refractivity contribution in [3.05, 3.63) is 71.8 Å². The number of ether oxygens (including phenoxy) is 1. The summed E-state index contributed by atoms with van der Waals surface area (Å²) >= 11 is 6.26. The van der Waals surface area contributed by atoms with Gasteiger partial charge in [0.05, 0.1) is 13.2 Å². The van der Waals surface area contributed by atoms with Crippen LogP contribution in [0.25, 0.3) is 0 Å². The normalized spacial score (nSPS) is 13.9.